The van der Waals surface area contributed by atoms with Gasteiger partial charge in [0, 0.05) is 37.9 Å². The Balaban J connectivity index is 1.43. The summed E-state index contributed by atoms with van der Waals surface area (Å²) in [6.07, 6.45) is 3.77. The van der Waals surface area contributed by atoms with E-state index in [0.717, 1.165) is 5.56 Å². The van der Waals surface area contributed by atoms with Crippen molar-refractivity contribution < 1.29 is 17.5 Å². The first-order valence-electron chi connectivity index (χ1n) is 8.57. The number of hydrogen-bond donors (Lipinski definition) is 0. The number of likely N-dealkylation sites (tertiary alicyclic amines) is 1. The Kier molecular flexibility index (Phi) is 4.40. The van der Waals surface area contributed by atoms with E-state index in [1.54, 1.807) is 24.5 Å². The highest BCUT2D eigenvalue weighted by Crippen LogP contribution is 2.45. The molecule has 138 valence electrons. The Labute approximate surface area is 151 Å². The molecule has 2 saturated heterocycles. The molecule has 1 aromatic carbocycles. The van der Waals surface area contributed by atoms with Gasteiger partial charge in [0.15, 0.2) is 9.84 Å². The molecular weight excluding hydrogens is 357 g/mol. The van der Waals surface area contributed by atoms with Crippen molar-refractivity contribution in [2.75, 3.05) is 25.4 Å². The molecule has 0 bridgehead atoms. The van der Waals surface area contributed by atoms with E-state index in [-0.39, 0.29) is 30.1 Å². The van der Waals surface area contributed by atoms with E-state index in [4.69, 9.17) is 4.74 Å². The second-order valence-corrected chi connectivity index (χ2v) is 9.44. The fourth-order valence-corrected chi connectivity index (χ4v) is 6.41. The van der Waals surface area contributed by atoms with Gasteiger partial charge in [-0.3, -0.25) is 4.90 Å². The number of sulfone groups is 1. The van der Waals surface area contributed by atoms with Crippen LogP contribution in [0.5, 0.6) is 6.01 Å². The van der Waals surface area contributed by atoms with E-state index in [0.29, 0.717) is 26.1 Å². The van der Waals surface area contributed by atoms with Gasteiger partial charge in [0.25, 0.3) is 0 Å². The molecule has 2 aromatic rings. The van der Waals surface area contributed by atoms with E-state index < -0.39 is 14.6 Å². The highest BCUT2D eigenvalue weighted by molar-refractivity contribution is 7.93. The Morgan fingerprint density at radius 3 is 2.73 bits per heavy atom. The molecule has 1 unspecified atom stereocenters. The number of ether oxygens (including phenoxy) is 1. The lowest BCUT2D eigenvalue weighted by Gasteiger charge is -2.50. The largest absolute Gasteiger partial charge is 0.463 e. The second kappa shape index (κ2) is 6.59. The summed E-state index contributed by atoms with van der Waals surface area (Å²) in [7, 11) is -3.17. The average Bonchev–Trinajstić information content (AvgIpc) is 2.85. The molecule has 1 atom stereocenters. The molecule has 4 rings (SSSR count). The Morgan fingerprint density at radius 2 is 2.00 bits per heavy atom. The maximum atomic E-state index is 13.3. The van der Waals surface area contributed by atoms with Gasteiger partial charge in [-0.2, -0.15) is 0 Å². The molecule has 2 fully saturated rings. The molecule has 1 spiro atoms. The van der Waals surface area contributed by atoms with Crippen LogP contribution in [0, 0.1) is 11.7 Å². The minimum Gasteiger partial charge on any atom is -0.463 e. The van der Waals surface area contributed by atoms with Gasteiger partial charge in [-0.15, -0.1) is 0 Å². The van der Waals surface area contributed by atoms with E-state index in [2.05, 4.69) is 9.97 Å². The van der Waals surface area contributed by atoms with Crippen molar-refractivity contribution >= 4 is 9.84 Å². The van der Waals surface area contributed by atoms with Crippen LogP contribution >= 0.6 is 0 Å². The third-order valence-electron chi connectivity index (χ3n) is 5.33. The summed E-state index contributed by atoms with van der Waals surface area (Å²) in [4.78, 5) is 10.1. The minimum atomic E-state index is -3.17. The molecule has 26 heavy (non-hydrogen) atoms. The lowest BCUT2D eigenvalue weighted by atomic mass is 9.83. The van der Waals surface area contributed by atoms with Crippen LogP contribution in [0.1, 0.15) is 12.0 Å². The number of hydrogen-bond acceptors (Lipinski definition) is 6. The predicted octanol–water partition coefficient (Wildman–Crippen LogP) is 1.68. The average molecular weight is 377 g/mol. The van der Waals surface area contributed by atoms with Gasteiger partial charge in [-0.1, -0.05) is 12.1 Å². The van der Waals surface area contributed by atoms with Crippen LogP contribution in [0.4, 0.5) is 4.39 Å². The zero-order valence-electron chi connectivity index (χ0n) is 14.2. The summed E-state index contributed by atoms with van der Waals surface area (Å²) in [5.41, 5.74) is 0.848. The van der Waals surface area contributed by atoms with Crippen LogP contribution in [0.3, 0.4) is 0 Å². The van der Waals surface area contributed by atoms with Crippen molar-refractivity contribution in [3.8, 4) is 6.01 Å². The zero-order valence-corrected chi connectivity index (χ0v) is 15.0. The van der Waals surface area contributed by atoms with Crippen molar-refractivity contribution in [1.82, 2.24) is 14.9 Å². The third kappa shape index (κ3) is 3.07. The van der Waals surface area contributed by atoms with Crippen molar-refractivity contribution in [3.05, 3.63) is 54.1 Å². The molecule has 0 radical (unpaired) electrons. The predicted molar refractivity (Wildman–Crippen MR) is 93.8 cm³/mol. The van der Waals surface area contributed by atoms with Gasteiger partial charge in [-0.25, -0.2) is 22.8 Å². The fourth-order valence-electron chi connectivity index (χ4n) is 3.96. The van der Waals surface area contributed by atoms with Crippen LogP contribution < -0.4 is 4.74 Å². The number of nitrogens with zero attached hydrogens (tertiary/aromatic N) is 3. The van der Waals surface area contributed by atoms with E-state index in [1.165, 1.54) is 12.1 Å². The molecule has 3 heterocycles. The van der Waals surface area contributed by atoms with Crippen molar-refractivity contribution in [3.63, 3.8) is 0 Å². The lowest BCUT2D eigenvalue weighted by molar-refractivity contribution is 0.0571. The number of halogens is 1. The normalized spacial score (nSPS) is 23.7. The minimum absolute atomic E-state index is 0.0833. The first-order valence-corrected chi connectivity index (χ1v) is 10.2. The van der Waals surface area contributed by atoms with E-state index in [9.17, 15) is 12.8 Å². The van der Waals surface area contributed by atoms with E-state index >= 15 is 0 Å². The molecular formula is C18H20FN3O3S. The molecule has 0 aliphatic carbocycles. The van der Waals surface area contributed by atoms with Gasteiger partial charge < -0.3 is 4.74 Å². The van der Waals surface area contributed by atoms with Crippen LogP contribution in [-0.2, 0) is 16.4 Å². The highest BCUT2D eigenvalue weighted by atomic mass is 32.2. The summed E-state index contributed by atoms with van der Waals surface area (Å²) in [6.45, 7) is 1.74. The number of aromatic nitrogens is 2. The molecule has 8 heteroatoms. The molecule has 0 saturated carbocycles. The summed E-state index contributed by atoms with van der Waals surface area (Å²) in [5, 5.41) is 0. The molecule has 6 nitrogen and oxygen atoms in total. The summed E-state index contributed by atoms with van der Waals surface area (Å²) in [6, 6.07) is 8.38. The van der Waals surface area contributed by atoms with Crippen LogP contribution in [-0.4, -0.2) is 53.5 Å². The zero-order chi connectivity index (χ0) is 18.2. The Bertz CT molecular complexity index is 886. The molecule has 0 amide bonds. The summed E-state index contributed by atoms with van der Waals surface area (Å²) < 4.78 is 43.5. The smallest absolute Gasteiger partial charge is 0.316 e. The Morgan fingerprint density at radius 1 is 1.23 bits per heavy atom. The maximum absolute atomic E-state index is 13.3. The van der Waals surface area contributed by atoms with Crippen molar-refractivity contribution in [2.24, 2.45) is 5.92 Å². The quantitative estimate of drug-likeness (QED) is 0.790. The first kappa shape index (κ1) is 17.4. The molecule has 2 aliphatic rings. The van der Waals surface area contributed by atoms with Crippen molar-refractivity contribution in [1.29, 1.82) is 0 Å². The molecule has 0 N–H and O–H groups in total. The highest BCUT2D eigenvalue weighted by Gasteiger charge is 2.61. The summed E-state index contributed by atoms with van der Waals surface area (Å²) >= 11 is 0. The molecule has 2 aliphatic heterocycles. The monoisotopic (exact) mass is 377 g/mol. The van der Waals surface area contributed by atoms with Crippen molar-refractivity contribution in [2.45, 2.75) is 17.7 Å². The maximum Gasteiger partial charge on any atom is 0.316 e. The summed E-state index contributed by atoms with van der Waals surface area (Å²) in [5.74, 6) is -0.176. The molecule has 1 aromatic heterocycles. The number of benzene rings is 1. The lowest BCUT2D eigenvalue weighted by Crippen LogP contribution is -2.67. The van der Waals surface area contributed by atoms with Gasteiger partial charge in [0.05, 0.1) is 12.4 Å². The second-order valence-electron chi connectivity index (χ2n) is 6.99. The first-order chi connectivity index (χ1) is 12.5. The van der Waals surface area contributed by atoms with Gasteiger partial charge in [0.1, 0.15) is 10.6 Å². The number of rotatable bonds is 5. The third-order valence-corrected chi connectivity index (χ3v) is 7.94. The van der Waals surface area contributed by atoms with E-state index in [1.807, 2.05) is 11.0 Å². The van der Waals surface area contributed by atoms with Crippen LogP contribution in [0.25, 0.3) is 0 Å². The fraction of sp³-hybridized carbons (Fsp3) is 0.444. The topological polar surface area (TPSA) is 72.4 Å². The SMILES string of the molecule is O=S1(=O)CCC(COc2ncccn2)C12CN(Cc1cccc(F)c1)C2. The van der Waals surface area contributed by atoms with Crippen LogP contribution in [0.15, 0.2) is 42.7 Å². The van der Waals surface area contributed by atoms with Gasteiger partial charge in [-0.05, 0) is 30.2 Å². The van der Waals surface area contributed by atoms with Gasteiger partial charge >= 0.3 is 6.01 Å². The standard InChI is InChI=1S/C18H20FN3O3S/c19-16-4-1-3-14(9-16)10-22-12-18(13-22)15(5-8-26(18,23)24)11-25-17-20-6-2-7-21-17/h1-4,6-7,9,15H,5,8,10-13H2. The van der Waals surface area contributed by atoms with Gasteiger partial charge in [0.2, 0.25) is 0 Å². The van der Waals surface area contributed by atoms with Crippen LogP contribution in [0.2, 0.25) is 0 Å². The Hall–Kier alpha value is -2.06.